The van der Waals surface area contributed by atoms with Gasteiger partial charge in [0.1, 0.15) is 22.6 Å². The summed E-state index contributed by atoms with van der Waals surface area (Å²) in [6, 6.07) is 12.7. The van der Waals surface area contributed by atoms with Gasteiger partial charge in [-0.1, -0.05) is 49.7 Å². The molecule has 8 nitrogen and oxygen atoms in total. The van der Waals surface area contributed by atoms with E-state index in [4.69, 9.17) is 24.4 Å². The first-order chi connectivity index (χ1) is 21.3. The van der Waals surface area contributed by atoms with Crippen LogP contribution in [0.5, 0.6) is 6.01 Å². The van der Waals surface area contributed by atoms with Crippen LogP contribution in [0.4, 0.5) is 10.2 Å². The van der Waals surface area contributed by atoms with E-state index in [0.717, 1.165) is 54.1 Å². The van der Waals surface area contributed by atoms with Crippen LogP contribution < -0.4 is 9.64 Å². The summed E-state index contributed by atoms with van der Waals surface area (Å²) in [5.41, 5.74) is 1.27. The first-order valence-electron chi connectivity index (χ1n) is 16.0. The fourth-order valence-electron chi connectivity index (χ4n) is 7.99. The molecule has 9 heteroatoms. The van der Waals surface area contributed by atoms with Gasteiger partial charge in [-0.25, -0.2) is 4.39 Å². The Hall–Kier alpha value is -3.40. The molecule has 0 radical (unpaired) electrons. The number of hydrogen-bond donors (Lipinski definition) is 1. The molecule has 0 bridgehead atoms. The minimum absolute atomic E-state index is 0.0487. The maximum Gasteiger partial charge on any atom is 0.319 e. The predicted molar refractivity (Wildman–Crippen MR) is 171 cm³/mol. The fourth-order valence-corrected chi connectivity index (χ4v) is 7.99. The van der Waals surface area contributed by atoms with Gasteiger partial charge in [0, 0.05) is 29.8 Å². The summed E-state index contributed by atoms with van der Waals surface area (Å²) in [6.45, 7) is 6.85. The van der Waals surface area contributed by atoms with Gasteiger partial charge in [0.2, 0.25) is 0 Å². The number of nitrogens with zero attached hydrogens (tertiary/aromatic N) is 5. The van der Waals surface area contributed by atoms with Crippen LogP contribution in [0.1, 0.15) is 51.5 Å². The Morgan fingerprint density at radius 2 is 1.93 bits per heavy atom. The molecule has 1 saturated carbocycles. The van der Waals surface area contributed by atoms with E-state index in [1.54, 1.807) is 13.1 Å². The highest BCUT2D eigenvalue weighted by molar-refractivity contribution is 6.00. The van der Waals surface area contributed by atoms with Crippen molar-refractivity contribution in [1.82, 2.24) is 19.9 Å². The largest absolute Gasteiger partial charge is 0.463 e. The number of aryl methyl sites for hydroxylation is 1. The number of pyridine rings is 1. The third-order valence-corrected chi connectivity index (χ3v) is 10.1. The number of halogens is 1. The van der Waals surface area contributed by atoms with Gasteiger partial charge in [-0.15, -0.1) is 0 Å². The van der Waals surface area contributed by atoms with Crippen molar-refractivity contribution in [3.63, 3.8) is 0 Å². The smallest absolute Gasteiger partial charge is 0.319 e. The summed E-state index contributed by atoms with van der Waals surface area (Å²) in [5, 5.41) is 13.5. The molecule has 44 heavy (non-hydrogen) atoms. The predicted octanol–water partition coefficient (Wildman–Crippen LogP) is 5.78. The number of fused-ring (bicyclic) bond motifs is 3. The van der Waals surface area contributed by atoms with E-state index < -0.39 is 11.4 Å². The Labute approximate surface area is 258 Å². The lowest BCUT2D eigenvalue weighted by molar-refractivity contribution is -0.0123. The van der Waals surface area contributed by atoms with Crippen LogP contribution in [0.3, 0.4) is 0 Å². The van der Waals surface area contributed by atoms with Crippen molar-refractivity contribution in [1.29, 1.82) is 0 Å². The second-order valence-electron chi connectivity index (χ2n) is 13.3. The topological polar surface area (TPSA) is 83.8 Å². The van der Waals surface area contributed by atoms with Crippen LogP contribution in [0.25, 0.3) is 32.9 Å². The molecule has 232 valence electrons. The number of anilines is 1. The van der Waals surface area contributed by atoms with E-state index in [1.165, 1.54) is 12.8 Å². The molecular weight excluding hydrogens is 557 g/mol. The second-order valence-corrected chi connectivity index (χ2v) is 13.3. The second kappa shape index (κ2) is 11.5. The number of benzene rings is 2. The van der Waals surface area contributed by atoms with Crippen molar-refractivity contribution in [2.75, 3.05) is 51.4 Å². The summed E-state index contributed by atoms with van der Waals surface area (Å²) in [4.78, 5) is 18.7. The Kier molecular flexibility index (Phi) is 7.67. The van der Waals surface area contributed by atoms with Gasteiger partial charge in [0.25, 0.3) is 0 Å². The highest BCUT2D eigenvalue weighted by atomic mass is 19.1. The van der Waals surface area contributed by atoms with Crippen LogP contribution in [-0.2, 0) is 11.2 Å². The van der Waals surface area contributed by atoms with E-state index in [1.807, 2.05) is 23.1 Å². The number of likely N-dealkylation sites (tertiary alicyclic amines) is 1. The molecule has 1 aliphatic carbocycles. The Morgan fingerprint density at radius 3 is 2.77 bits per heavy atom. The normalized spacial score (nSPS) is 26.2. The molecule has 2 aromatic carbocycles. The standard InChI is InChI=1S/C35H42FN5O3/c1-4-23-9-5-10-24-11-6-12-25(28(23)24)30-29(36)31-26(19-37-30)32(41-17-18-43-21-34(2,42)20-41)39-33(38-31)44-22-35-14-7-13-27(35)40(3)16-8-15-35/h5-6,9-12,19,27,42H,4,7-8,13-18,20-22H2,1-3H3. The molecule has 0 amide bonds. The maximum absolute atomic E-state index is 16.8. The minimum Gasteiger partial charge on any atom is -0.463 e. The lowest BCUT2D eigenvalue weighted by Crippen LogP contribution is -2.50. The van der Waals surface area contributed by atoms with Crippen molar-refractivity contribution >= 4 is 27.5 Å². The van der Waals surface area contributed by atoms with Crippen molar-refractivity contribution < 1.29 is 19.0 Å². The SMILES string of the molecule is CCc1cccc2cccc(-c3ncc4c(N5CCOCC(C)(O)C5)nc(OCC56CCCC5N(C)CCC6)nc4c3F)c12. The van der Waals surface area contributed by atoms with Crippen molar-refractivity contribution in [3.05, 3.63) is 54.0 Å². The van der Waals surface area contributed by atoms with Gasteiger partial charge < -0.3 is 24.4 Å². The molecule has 3 aliphatic rings. The molecule has 2 saturated heterocycles. The molecule has 3 fully saturated rings. The van der Waals surface area contributed by atoms with Gasteiger partial charge in [-0.05, 0) is 69.0 Å². The average molecular weight is 600 g/mol. The fraction of sp³-hybridized carbons (Fsp3) is 0.514. The first kappa shape index (κ1) is 29.3. The van der Waals surface area contributed by atoms with Gasteiger partial charge in [-0.3, -0.25) is 4.98 Å². The summed E-state index contributed by atoms with van der Waals surface area (Å²) < 4.78 is 29.0. The number of ether oxygens (including phenoxy) is 2. The zero-order valence-electron chi connectivity index (χ0n) is 26.0. The van der Waals surface area contributed by atoms with E-state index in [-0.39, 0.29) is 35.8 Å². The molecule has 1 N–H and O–H groups in total. The average Bonchev–Trinajstić information content (AvgIpc) is 3.38. The zero-order valence-corrected chi connectivity index (χ0v) is 26.0. The Balaban J connectivity index is 1.36. The third kappa shape index (κ3) is 5.18. The van der Waals surface area contributed by atoms with Crippen molar-refractivity contribution in [2.24, 2.45) is 5.41 Å². The maximum atomic E-state index is 16.8. The monoisotopic (exact) mass is 599 g/mol. The van der Waals surface area contributed by atoms with Crippen molar-refractivity contribution in [2.45, 2.75) is 64.0 Å². The molecule has 4 aromatic rings. The molecule has 3 atom stereocenters. The van der Waals surface area contributed by atoms with Gasteiger partial charge >= 0.3 is 6.01 Å². The van der Waals surface area contributed by atoms with Gasteiger partial charge in [0.05, 0.1) is 31.8 Å². The summed E-state index contributed by atoms with van der Waals surface area (Å²) >= 11 is 0. The zero-order chi connectivity index (χ0) is 30.5. The van der Waals surface area contributed by atoms with Crippen LogP contribution in [-0.4, -0.2) is 83.1 Å². The quantitative estimate of drug-likeness (QED) is 0.299. The van der Waals surface area contributed by atoms with E-state index in [0.29, 0.717) is 37.0 Å². The Bertz CT molecular complexity index is 1690. The number of rotatable bonds is 6. The van der Waals surface area contributed by atoms with E-state index >= 15 is 4.39 Å². The van der Waals surface area contributed by atoms with Crippen molar-refractivity contribution in [3.8, 4) is 17.3 Å². The summed E-state index contributed by atoms with van der Waals surface area (Å²) in [5.74, 6) is 0.00340. The molecule has 4 heterocycles. The molecule has 7 rings (SSSR count). The lowest BCUT2D eigenvalue weighted by Gasteiger charge is -2.44. The molecule has 3 unspecified atom stereocenters. The molecule has 0 spiro atoms. The molecule has 2 aliphatic heterocycles. The highest BCUT2D eigenvalue weighted by Crippen LogP contribution is 2.47. The van der Waals surface area contributed by atoms with Crippen LogP contribution >= 0.6 is 0 Å². The van der Waals surface area contributed by atoms with E-state index in [9.17, 15) is 5.11 Å². The van der Waals surface area contributed by atoms with Gasteiger partial charge in [-0.2, -0.15) is 9.97 Å². The van der Waals surface area contributed by atoms with Gasteiger partial charge in [0.15, 0.2) is 5.82 Å². The highest BCUT2D eigenvalue weighted by Gasteiger charge is 2.47. The third-order valence-electron chi connectivity index (χ3n) is 10.1. The summed E-state index contributed by atoms with van der Waals surface area (Å²) in [7, 11) is 2.21. The van der Waals surface area contributed by atoms with E-state index in [2.05, 4.69) is 37.1 Å². The summed E-state index contributed by atoms with van der Waals surface area (Å²) in [6.07, 6.45) is 8.19. The lowest BCUT2D eigenvalue weighted by atomic mass is 9.76. The van der Waals surface area contributed by atoms with Crippen LogP contribution in [0.2, 0.25) is 0 Å². The van der Waals surface area contributed by atoms with Crippen LogP contribution in [0.15, 0.2) is 42.6 Å². The van der Waals surface area contributed by atoms with Crippen LogP contribution in [0, 0.1) is 11.2 Å². The Morgan fingerprint density at radius 1 is 1.11 bits per heavy atom. The minimum atomic E-state index is -1.09. The number of hydrogen-bond acceptors (Lipinski definition) is 8. The number of piperidine rings is 1. The number of aromatic nitrogens is 3. The number of aliphatic hydroxyl groups is 1. The molecule has 2 aromatic heterocycles. The first-order valence-corrected chi connectivity index (χ1v) is 16.0. The number of β-amino-alcohol motifs (C(OH)–C–C–N with tert-alkyl or cyclic N) is 1. The molecular formula is C35H42FN5O3.